The molecule has 1 aliphatic carbocycles. The molecule has 1 aliphatic heterocycles. The molecule has 2 aromatic rings. The maximum Gasteiger partial charge on any atom is 0.0725 e. The lowest BCUT2D eigenvalue weighted by atomic mass is 10.00. The summed E-state index contributed by atoms with van der Waals surface area (Å²) in [5.74, 6) is 0. The molecule has 2 aliphatic rings. The van der Waals surface area contributed by atoms with Crippen molar-refractivity contribution in [1.82, 2.24) is 0 Å². The van der Waals surface area contributed by atoms with Gasteiger partial charge in [0.2, 0.25) is 0 Å². The number of hydrogen-bond acceptors (Lipinski definition) is 3. The maximum atomic E-state index is 6.53. The molecule has 0 bridgehead atoms. The highest BCUT2D eigenvalue weighted by Crippen LogP contribution is 2.34. The van der Waals surface area contributed by atoms with Crippen molar-refractivity contribution < 1.29 is 4.74 Å². The second-order valence-corrected chi connectivity index (χ2v) is 7.32. The molecule has 1 unspecified atom stereocenters. The third-order valence-corrected chi connectivity index (χ3v) is 6.00. The molecular formula is C18H21NOS. The van der Waals surface area contributed by atoms with E-state index in [1.807, 2.05) is 11.3 Å². The number of hydrogen-bond donors (Lipinski definition) is 1. The Labute approximate surface area is 129 Å². The normalized spacial score (nSPS) is 18.9. The van der Waals surface area contributed by atoms with Crippen molar-refractivity contribution in [2.45, 2.75) is 51.4 Å². The molecule has 1 aromatic heterocycles. The molecule has 0 fully saturated rings. The van der Waals surface area contributed by atoms with Gasteiger partial charge in [0, 0.05) is 9.75 Å². The number of fused-ring (bicyclic) bond motifs is 2. The number of aryl methyl sites for hydroxylation is 2. The topological polar surface area (TPSA) is 35.2 Å². The molecule has 0 amide bonds. The van der Waals surface area contributed by atoms with E-state index in [2.05, 4.69) is 24.3 Å². The van der Waals surface area contributed by atoms with Crippen LogP contribution in [0.25, 0.3) is 0 Å². The van der Waals surface area contributed by atoms with Crippen LogP contribution in [0.4, 0.5) is 0 Å². The number of rotatable bonds is 2. The maximum absolute atomic E-state index is 6.53. The molecule has 110 valence electrons. The first kappa shape index (κ1) is 13.5. The zero-order chi connectivity index (χ0) is 14.2. The van der Waals surface area contributed by atoms with E-state index in [4.69, 9.17) is 10.5 Å². The van der Waals surface area contributed by atoms with Crippen molar-refractivity contribution in [2.24, 2.45) is 5.73 Å². The minimum atomic E-state index is 0.00725. The Bertz CT molecular complexity index is 638. The summed E-state index contributed by atoms with van der Waals surface area (Å²) in [4.78, 5) is 2.89. The lowest BCUT2D eigenvalue weighted by molar-refractivity contribution is 0.134. The number of ether oxygens (including phenoxy) is 1. The van der Waals surface area contributed by atoms with Crippen LogP contribution in [0.2, 0.25) is 0 Å². The molecule has 0 spiro atoms. The molecule has 0 radical (unpaired) electrons. The second kappa shape index (κ2) is 5.56. The van der Waals surface area contributed by atoms with Crippen LogP contribution in [-0.2, 0) is 30.8 Å². The van der Waals surface area contributed by atoms with E-state index in [1.165, 1.54) is 53.7 Å². The van der Waals surface area contributed by atoms with Crippen molar-refractivity contribution >= 4 is 11.3 Å². The number of thiophene rings is 1. The summed E-state index contributed by atoms with van der Waals surface area (Å²) in [5, 5.41) is 0. The lowest BCUT2D eigenvalue weighted by Gasteiger charge is -2.11. The van der Waals surface area contributed by atoms with Crippen LogP contribution in [0.15, 0.2) is 24.3 Å². The van der Waals surface area contributed by atoms with Gasteiger partial charge in [-0.2, -0.15) is 0 Å². The molecule has 2 nitrogen and oxygen atoms in total. The summed E-state index contributed by atoms with van der Waals surface area (Å²) in [7, 11) is 0. The van der Waals surface area contributed by atoms with Gasteiger partial charge in [-0.15, -0.1) is 11.3 Å². The van der Waals surface area contributed by atoms with Crippen LogP contribution >= 0.6 is 11.3 Å². The van der Waals surface area contributed by atoms with Gasteiger partial charge in [0.25, 0.3) is 0 Å². The highest BCUT2D eigenvalue weighted by Gasteiger charge is 2.19. The first-order chi connectivity index (χ1) is 10.3. The van der Waals surface area contributed by atoms with Gasteiger partial charge in [0.15, 0.2) is 0 Å². The first-order valence-electron chi connectivity index (χ1n) is 7.88. The molecule has 21 heavy (non-hydrogen) atoms. The summed E-state index contributed by atoms with van der Waals surface area (Å²) in [6.45, 7) is 1.48. The molecule has 1 atom stereocenters. The van der Waals surface area contributed by atoms with Crippen molar-refractivity contribution in [3.05, 3.63) is 56.3 Å². The van der Waals surface area contributed by atoms with Gasteiger partial charge >= 0.3 is 0 Å². The summed E-state index contributed by atoms with van der Waals surface area (Å²) in [6, 6.07) is 8.95. The largest absolute Gasteiger partial charge is 0.372 e. The zero-order valence-electron chi connectivity index (χ0n) is 12.2. The van der Waals surface area contributed by atoms with Crippen LogP contribution in [0.1, 0.15) is 57.3 Å². The second-order valence-electron chi connectivity index (χ2n) is 6.16. The van der Waals surface area contributed by atoms with Crippen LogP contribution in [0, 0.1) is 0 Å². The van der Waals surface area contributed by atoms with Crippen LogP contribution < -0.4 is 5.73 Å². The Morgan fingerprint density at radius 3 is 2.76 bits per heavy atom. The molecule has 0 saturated carbocycles. The minimum absolute atomic E-state index is 0.00725. The lowest BCUT2D eigenvalue weighted by Crippen LogP contribution is -2.10. The third kappa shape index (κ3) is 2.54. The van der Waals surface area contributed by atoms with E-state index in [-0.39, 0.29) is 6.04 Å². The molecule has 0 saturated heterocycles. The van der Waals surface area contributed by atoms with Gasteiger partial charge < -0.3 is 10.5 Å². The van der Waals surface area contributed by atoms with E-state index in [0.717, 1.165) is 13.2 Å². The fourth-order valence-corrected chi connectivity index (χ4v) is 4.68. The van der Waals surface area contributed by atoms with Gasteiger partial charge in [0.05, 0.1) is 19.3 Å². The van der Waals surface area contributed by atoms with E-state index >= 15 is 0 Å². The molecule has 1 aromatic carbocycles. The highest BCUT2D eigenvalue weighted by atomic mass is 32.1. The number of benzene rings is 1. The Balaban J connectivity index is 1.64. The van der Waals surface area contributed by atoms with Crippen LogP contribution in [0.3, 0.4) is 0 Å². The summed E-state index contributed by atoms with van der Waals surface area (Å²) >= 11 is 1.93. The molecular weight excluding hydrogens is 278 g/mol. The van der Waals surface area contributed by atoms with Crippen molar-refractivity contribution in [1.29, 1.82) is 0 Å². The third-order valence-electron chi connectivity index (χ3n) is 4.68. The standard InChI is InChI=1S/C18H21NOS/c19-18(13-6-7-14-10-20-11-15(14)8-13)17-9-12-4-2-1-3-5-16(12)21-17/h6-9,18H,1-5,10-11,19H2. The zero-order valence-corrected chi connectivity index (χ0v) is 13.0. The summed E-state index contributed by atoms with van der Waals surface area (Å²) < 4.78 is 5.50. The van der Waals surface area contributed by atoms with E-state index in [9.17, 15) is 0 Å². The molecule has 2 heterocycles. The summed E-state index contributed by atoms with van der Waals surface area (Å²) in [6.07, 6.45) is 6.50. The van der Waals surface area contributed by atoms with Gasteiger partial charge in [-0.25, -0.2) is 0 Å². The first-order valence-corrected chi connectivity index (χ1v) is 8.69. The van der Waals surface area contributed by atoms with Gasteiger partial charge in [0.1, 0.15) is 0 Å². The Morgan fingerprint density at radius 2 is 1.81 bits per heavy atom. The Hall–Kier alpha value is -1.16. The Morgan fingerprint density at radius 1 is 0.952 bits per heavy atom. The monoisotopic (exact) mass is 299 g/mol. The molecule has 2 N–H and O–H groups in total. The average Bonchev–Trinajstić information content (AvgIpc) is 3.08. The van der Waals surface area contributed by atoms with Crippen molar-refractivity contribution in [3.63, 3.8) is 0 Å². The van der Waals surface area contributed by atoms with Gasteiger partial charge in [-0.3, -0.25) is 0 Å². The van der Waals surface area contributed by atoms with E-state index in [0.29, 0.717) is 0 Å². The molecule has 3 heteroatoms. The summed E-state index contributed by atoms with van der Waals surface area (Å²) in [5.41, 5.74) is 11.9. The minimum Gasteiger partial charge on any atom is -0.372 e. The molecule has 4 rings (SSSR count). The van der Waals surface area contributed by atoms with Crippen LogP contribution in [-0.4, -0.2) is 0 Å². The smallest absolute Gasteiger partial charge is 0.0725 e. The van der Waals surface area contributed by atoms with Crippen LogP contribution in [0.5, 0.6) is 0 Å². The fraction of sp³-hybridized carbons (Fsp3) is 0.444. The number of nitrogens with two attached hydrogens (primary N) is 1. The quantitative estimate of drug-likeness (QED) is 0.848. The van der Waals surface area contributed by atoms with Gasteiger partial charge in [-0.1, -0.05) is 24.6 Å². The predicted octanol–water partition coefficient (Wildman–Crippen LogP) is 4.10. The Kier molecular flexibility index (Phi) is 3.57. The van der Waals surface area contributed by atoms with Gasteiger partial charge in [-0.05, 0) is 54.0 Å². The SMILES string of the molecule is NC(c1ccc2c(c1)COC2)c1cc2c(s1)CCCCC2. The average molecular weight is 299 g/mol. The van der Waals surface area contributed by atoms with E-state index < -0.39 is 0 Å². The van der Waals surface area contributed by atoms with Crippen molar-refractivity contribution in [2.75, 3.05) is 0 Å². The highest BCUT2D eigenvalue weighted by molar-refractivity contribution is 7.12. The fourth-order valence-electron chi connectivity index (χ4n) is 3.39. The van der Waals surface area contributed by atoms with E-state index in [1.54, 1.807) is 10.4 Å². The predicted molar refractivity (Wildman–Crippen MR) is 86.5 cm³/mol. The van der Waals surface area contributed by atoms with Crippen molar-refractivity contribution in [3.8, 4) is 0 Å².